The molecule has 0 saturated heterocycles. The predicted molar refractivity (Wildman–Crippen MR) is 76.3 cm³/mol. The molecule has 0 N–H and O–H groups in total. The molecular formula is C15H10Cl2O. The minimum atomic E-state index is 0.566. The molecule has 90 valence electrons. The number of hydrogen-bond acceptors (Lipinski definition) is 1. The zero-order valence-electron chi connectivity index (χ0n) is 9.49. The molecule has 1 heterocycles. The van der Waals surface area contributed by atoms with Gasteiger partial charge in [0.1, 0.15) is 12.4 Å². The summed E-state index contributed by atoms with van der Waals surface area (Å²) in [7, 11) is 0. The standard InChI is InChI=1S/C15H10Cl2O/c16-13-3-1-10(2-4-13)12-7-11-8-14(17)5-6-15(11)18-9-12/h1-8H,9H2. The van der Waals surface area contributed by atoms with Crippen molar-refractivity contribution >= 4 is 34.9 Å². The second kappa shape index (κ2) is 4.68. The Kier molecular flexibility index (Phi) is 3.02. The molecule has 1 aliphatic rings. The molecule has 0 spiro atoms. The molecule has 0 atom stereocenters. The van der Waals surface area contributed by atoms with Crippen LogP contribution in [0.4, 0.5) is 0 Å². The number of rotatable bonds is 1. The highest BCUT2D eigenvalue weighted by Gasteiger charge is 2.12. The number of hydrogen-bond donors (Lipinski definition) is 0. The predicted octanol–water partition coefficient (Wildman–Crippen LogP) is 4.93. The van der Waals surface area contributed by atoms with Gasteiger partial charge >= 0.3 is 0 Å². The van der Waals surface area contributed by atoms with Crippen molar-refractivity contribution in [2.24, 2.45) is 0 Å². The fourth-order valence-corrected chi connectivity index (χ4v) is 2.29. The van der Waals surface area contributed by atoms with E-state index in [0.29, 0.717) is 11.6 Å². The van der Waals surface area contributed by atoms with Crippen LogP contribution in [0.5, 0.6) is 5.75 Å². The Bertz CT molecular complexity index is 615. The van der Waals surface area contributed by atoms with Gasteiger partial charge in [0, 0.05) is 15.6 Å². The van der Waals surface area contributed by atoms with Gasteiger partial charge in [0.25, 0.3) is 0 Å². The molecule has 1 nitrogen and oxygen atoms in total. The first-order valence-electron chi connectivity index (χ1n) is 5.61. The van der Waals surface area contributed by atoms with Crippen molar-refractivity contribution < 1.29 is 4.74 Å². The normalized spacial score (nSPS) is 13.6. The van der Waals surface area contributed by atoms with Crippen molar-refractivity contribution in [3.63, 3.8) is 0 Å². The SMILES string of the molecule is Clc1ccc(C2=Cc3cc(Cl)ccc3OC2)cc1. The average molecular weight is 277 g/mol. The van der Waals surface area contributed by atoms with Crippen molar-refractivity contribution in [3.8, 4) is 5.75 Å². The maximum absolute atomic E-state index is 5.99. The molecule has 3 heteroatoms. The first-order valence-corrected chi connectivity index (χ1v) is 6.37. The van der Waals surface area contributed by atoms with Gasteiger partial charge in [0.15, 0.2) is 0 Å². The van der Waals surface area contributed by atoms with E-state index in [1.807, 2.05) is 42.5 Å². The van der Waals surface area contributed by atoms with Gasteiger partial charge in [-0.05, 0) is 47.5 Å². The second-order valence-corrected chi connectivity index (χ2v) is 5.02. The van der Waals surface area contributed by atoms with Gasteiger partial charge in [-0.15, -0.1) is 0 Å². The summed E-state index contributed by atoms with van der Waals surface area (Å²) < 4.78 is 5.72. The summed E-state index contributed by atoms with van der Waals surface area (Å²) in [6, 6.07) is 13.4. The molecule has 18 heavy (non-hydrogen) atoms. The summed E-state index contributed by atoms with van der Waals surface area (Å²) in [5.74, 6) is 0.872. The Balaban J connectivity index is 2.02. The lowest BCUT2D eigenvalue weighted by molar-refractivity contribution is 0.366. The average Bonchev–Trinajstić information content (AvgIpc) is 2.38. The molecule has 0 fully saturated rings. The van der Waals surface area contributed by atoms with Gasteiger partial charge in [0.2, 0.25) is 0 Å². The van der Waals surface area contributed by atoms with Crippen LogP contribution >= 0.6 is 23.2 Å². The number of halogens is 2. The van der Waals surface area contributed by atoms with Gasteiger partial charge in [0.05, 0.1) is 0 Å². The lowest BCUT2D eigenvalue weighted by Gasteiger charge is -2.18. The van der Waals surface area contributed by atoms with E-state index in [9.17, 15) is 0 Å². The van der Waals surface area contributed by atoms with Crippen LogP contribution in [0.2, 0.25) is 10.0 Å². The minimum Gasteiger partial charge on any atom is -0.488 e. The molecule has 0 amide bonds. The quantitative estimate of drug-likeness (QED) is 0.718. The van der Waals surface area contributed by atoms with Crippen LogP contribution in [0.25, 0.3) is 11.6 Å². The molecular weight excluding hydrogens is 267 g/mol. The summed E-state index contributed by atoms with van der Waals surface area (Å²) >= 11 is 11.9. The number of fused-ring (bicyclic) bond motifs is 1. The minimum absolute atomic E-state index is 0.566. The highest BCUT2D eigenvalue weighted by atomic mass is 35.5. The van der Waals surface area contributed by atoms with E-state index in [1.54, 1.807) is 0 Å². The monoisotopic (exact) mass is 276 g/mol. The van der Waals surface area contributed by atoms with Crippen LogP contribution in [-0.4, -0.2) is 6.61 Å². The van der Waals surface area contributed by atoms with Crippen LogP contribution in [0.15, 0.2) is 42.5 Å². The lowest BCUT2D eigenvalue weighted by Crippen LogP contribution is -2.06. The molecule has 1 aliphatic heterocycles. The molecule has 3 rings (SSSR count). The van der Waals surface area contributed by atoms with Crippen LogP contribution in [-0.2, 0) is 0 Å². The lowest BCUT2D eigenvalue weighted by atomic mass is 10.0. The smallest absolute Gasteiger partial charge is 0.127 e. The van der Waals surface area contributed by atoms with E-state index >= 15 is 0 Å². The summed E-state index contributed by atoms with van der Waals surface area (Å²) in [6.45, 7) is 0.566. The number of ether oxygens (including phenoxy) is 1. The second-order valence-electron chi connectivity index (χ2n) is 4.15. The molecule has 0 bridgehead atoms. The van der Waals surface area contributed by atoms with Gasteiger partial charge in [-0.3, -0.25) is 0 Å². The van der Waals surface area contributed by atoms with Crippen molar-refractivity contribution in [1.82, 2.24) is 0 Å². The molecule has 0 saturated carbocycles. The van der Waals surface area contributed by atoms with Gasteiger partial charge < -0.3 is 4.74 Å². The topological polar surface area (TPSA) is 9.23 Å². The van der Waals surface area contributed by atoms with Crippen LogP contribution in [0.3, 0.4) is 0 Å². The zero-order valence-corrected chi connectivity index (χ0v) is 11.0. The van der Waals surface area contributed by atoms with Gasteiger partial charge in [-0.2, -0.15) is 0 Å². The summed E-state index contributed by atoms with van der Waals surface area (Å²) in [4.78, 5) is 0. The highest BCUT2D eigenvalue weighted by molar-refractivity contribution is 6.31. The maximum Gasteiger partial charge on any atom is 0.127 e. The van der Waals surface area contributed by atoms with E-state index in [4.69, 9.17) is 27.9 Å². The third kappa shape index (κ3) is 2.24. The summed E-state index contributed by atoms with van der Waals surface area (Å²) in [5, 5.41) is 1.45. The van der Waals surface area contributed by atoms with Crippen LogP contribution < -0.4 is 4.74 Å². The van der Waals surface area contributed by atoms with Crippen molar-refractivity contribution in [3.05, 3.63) is 63.6 Å². The number of benzene rings is 2. The van der Waals surface area contributed by atoms with Crippen LogP contribution in [0.1, 0.15) is 11.1 Å². The summed E-state index contributed by atoms with van der Waals surface area (Å²) in [6.07, 6.45) is 2.11. The highest BCUT2D eigenvalue weighted by Crippen LogP contribution is 2.32. The van der Waals surface area contributed by atoms with E-state index in [-0.39, 0.29) is 0 Å². The Labute approximate surface area is 116 Å². The Morgan fingerprint density at radius 2 is 1.61 bits per heavy atom. The third-order valence-corrected chi connectivity index (χ3v) is 3.39. The fraction of sp³-hybridized carbons (Fsp3) is 0.0667. The molecule has 0 aromatic heterocycles. The Morgan fingerprint density at radius 3 is 2.39 bits per heavy atom. The molecule has 2 aromatic rings. The summed E-state index contributed by atoms with van der Waals surface area (Å²) in [5.41, 5.74) is 3.25. The Morgan fingerprint density at radius 1 is 0.889 bits per heavy atom. The van der Waals surface area contributed by atoms with Crippen molar-refractivity contribution in [1.29, 1.82) is 0 Å². The zero-order chi connectivity index (χ0) is 12.5. The van der Waals surface area contributed by atoms with E-state index in [1.165, 1.54) is 0 Å². The van der Waals surface area contributed by atoms with Gasteiger partial charge in [-0.1, -0.05) is 35.3 Å². The first kappa shape index (κ1) is 11.6. The van der Waals surface area contributed by atoms with Crippen LogP contribution in [0, 0.1) is 0 Å². The third-order valence-electron chi connectivity index (χ3n) is 2.90. The van der Waals surface area contributed by atoms with Crippen molar-refractivity contribution in [2.45, 2.75) is 0 Å². The Hall–Kier alpha value is -1.44. The molecule has 2 aromatic carbocycles. The van der Waals surface area contributed by atoms with E-state index < -0.39 is 0 Å². The van der Waals surface area contributed by atoms with Gasteiger partial charge in [-0.25, -0.2) is 0 Å². The largest absolute Gasteiger partial charge is 0.488 e. The first-order chi connectivity index (χ1) is 8.72. The van der Waals surface area contributed by atoms with Crippen molar-refractivity contribution in [2.75, 3.05) is 6.61 Å². The van der Waals surface area contributed by atoms with E-state index in [2.05, 4.69) is 6.08 Å². The molecule has 0 unspecified atom stereocenters. The maximum atomic E-state index is 5.99. The molecule has 0 radical (unpaired) electrons. The van der Waals surface area contributed by atoms with E-state index in [0.717, 1.165) is 27.5 Å². The fourth-order valence-electron chi connectivity index (χ4n) is 1.98. The molecule has 0 aliphatic carbocycles.